The monoisotopic (exact) mass is 283 g/mol. The molecule has 4 nitrogen and oxygen atoms in total. The lowest BCUT2D eigenvalue weighted by Crippen LogP contribution is -2.42. The molecule has 0 aliphatic heterocycles. The number of likely N-dealkylation sites (N-methyl/N-ethyl adjacent to an activating group) is 2. The molecule has 5 heteroatoms. The number of halogens is 1. The Labute approximate surface area is 120 Å². The molecular weight excluding hydrogens is 262 g/mol. The van der Waals surface area contributed by atoms with Gasteiger partial charge in [0.25, 0.3) is 0 Å². The Balaban J connectivity index is 2.88. The third-order valence-electron chi connectivity index (χ3n) is 3.07. The maximum Gasteiger partial charge on any atom is 0.236 e. The Hall–Kier alpha value is -1.10. The zero-order valence-corrected chi connectivity index (χ0v) is 12.7. The molecule has 0 spiro atoms. The number of rotatable bonds is 5. The van der Waals surface area contributed by atoms with E-state index >= 15 is 0 Å². The van der Waals surface area contributed by atoms with Crippen LogP contribution in [0.3, 0.4) is 0 Å². The zero-order chi connectivity index (χ0) is 14.6. The molecule has 0 saturated heterocycles. The molecule has 1 aromatic carbocycles. The molecule has 0 aliphatic rings. The number of benzene rings is 1. The van der Waals surface area contributed by atoms with Crippen molar-refractivity contribution < 1.29 is 4.79 Å². The van der Waals surface area contributed by atoms with Crippen LogP contribution >= 0.6 is 11.6 Å². The molecule has 1 amide bonds. The Bertz CT molecular complexity index is 417. The van der Waals surface area contributed by atoms with E-state index in [-0.39, 0.29) is 18.0 Å². The fourth-order valence-electron chi connectivity index (χ4n) is 2.07. The topological polar surface area (TPSA) is 49.6 Å². The summed E-state index contributed by atoms with van der Waals surface area (Å²) in [6.45, 7) is 2.28. The third-order valence-corrected chi connectivity index (χ3v) is 3.32. The molecule has 1 aromatic rings. The van der Waals surface area contributed by atoms with Gasteiger partial charge in [0, 0.05) is 31.2 Å². The van der Waals surface area contributed by atoms with Crippen molar-refractivity contribution in [2.75, 3.05) is 27.7 Å². The summed E-state index contributed by atoms with van der Waals surface area (Å²) >= 11 is 5.90. The van der Waals surface area contributed by atoms with Gasteiger partial charge in [0.1, 0.15) is 0 Å². The third kappa shape index (κ3) is 4.49. The van der Waals surface area contributed by atoms with Crippen LogP contribution in [-0.4, -0.2) is 49.4 Å². The van der Waals surface area contributed by atoms with Gasteiger partial charge in [0.2, 0.25) is 5.91 Å². The van der Waals surface area contributed by atoms with Crippen molar-refractivity contribution in [1.82, 2.24) is 9.80 Å². The molecule has 0 radical (unpaired) electrons. The Morgan fingerprint density at radius 3 is 2.21 bits per heavy atom. The first-order valence-corrected chi connectivity index (χ1v) is 6.62. The highest BCUT2D eigenvalue weighted by Gasteiger charge is 2.23. The average molecular weight is 284 g/mol. The fourth-order valence-corrected chi connectivity index (χ4v) is 2.20. The summed E-state index contributed by atoms with van der Waals surface area (Å²) in [6.07, 6.45) is 0. The molecule has 106 valence electrons. The van der Waals surface area contributed by atoms with Crippen LogP contribution in [0.25, 0.3) is 0 Å². The van der Waals surface area contributed by atoms with E-state index in [0.717, 1.165) is 5.56 Å². The zero-order valence-electron chi connectivity index (χ0n) is 11.9. The Kier molecular flexibility index (Phi) is 5.79. The largest absolute Gasteiger partial charge is 0.348 e. The van der Waals surface area contributed by atoms with E-state index in [1.807, 2.05) is 43.1 Å². The van der Waals surface area contributed by atoms with Crippen molar-refractivity contribution >= 4 is 17.5 Å². The van der Waals surface area contributed by atoms with Gasteiger partial charge in [-0.25, -0.2) is 0 Å². The van der Waals surface area contributed by atoms with E-state index in [1.54, 1.807) is 19.0 Å². The lowest BCUT2D eigenvalue weighted by Gasteiger charge is -2.31. The standard InChI is InChI=1S/C14H22ClN3O/c1-10(16)14(11-5-7-12(15)8-6-11)18(4)9-13(19)17(2)3/h5-8,10,14H,9,16H2,1-4H3. The van der Waals surface area contributed by atoms with Crippen molar-refractivity contribution in [3.05, 3.63) is 34.9 Å². The summed E-state index contributed by atoms with van der Waals surface area (Å²) in [5, 5.41) is 0.694. The number of amides is 1. The molecular formula is C14H22ClN3O. The predicted molar refractivity (Wildman–Crippen MR) is 79.2 cm³/mol. The predicted octanol–water partition coefficient (Wildman–Crippen LogP) is 1.75. The maximum atomic E-state index is 11.8. The van der Waals surface area contributed by atoms with Gasteiger partial charge in [-0.15, -0.1) is 0 Å². The van der Waals surface area contributed by atoms with E-state index in [4.69, 9.17) is 17.3 Å². The lowest BCUT2D eigenvalue weighted by molar-refractivity contribution is -0.130. The Morgan fingerprint density at radius 1 is 1.26 bits per heavy atom. The van der Waals surface area contributed by atoms with Crippen LogP contribution < -0.4 is 5.73 Å². The summed E-state index contributed by atoms with van der Waals surface area (Å²) in [7, 11) is 5.41. The summed E-state index contributed by atoms with van der Waals surface area (Å²) in [5.41, 5.74) is 7.12. The van der Waals surface area contributed by atoms with E-state index in [2.05, 4.69) is 0 Å². The van der Waals surface area contributed by atoms with Crippen molar-refractivity contribution in [3.8, 4) is 0 Å². The molecule has 0 heterocycles. The van der Waals surface area contributed by atoms with E-state index in [9.17, 15) is 4.79 Å². The molecule has 0 bridgehead atoms. The van der Waals surface area contributed by atoms with Gasteiger partial charge < -0.3 is 10.6 Å². The number of hydrogen-bond acceptors (Lipinski definition) is 3. The van der Waals surface area contributed by atoms with Crippen molar-refractivity contribution in [3.63, 3.8) is 0 Å². The van der Waals surface area contributed by atoms with Crippen LogP contribution in [0.15, 0.2) is 24.3 Å². The minimum Gasteiger partial charge on any atom is -0.348 e. The van der Waals surface area contributed by atoms with Gasteiger partial charge in [-0.1, -0.05) is 23.7 Å². The molecule has 1 rings (SSSR count). The van der Waals surface area contributed by atoms with Crippen LogP contribution in [0, 0.1) is 0 Å². The number of nitrogens with zero attached hydrogens (tertiary/aromatic N) is 2. The van der Waals surface area contributed by atoms with E-state index in [0.29, 0.717) is 11.6 Å². The number of nitrogens with two attached hydrogens (primary N) is 1. The molecule has 0 fully saturated rings. The second-order valence-corrected chi connectivity index (χ2v) is 5.50. The average Bonchev–Trinajstić information content (AvgIpc) is 2.31. The number of hydrogen-bond donors (Lipinski definition) is 1. The van der Waals surface area contributed by atoms with Crippen molar-refractivity contribution in [2.45, 2.75) is 19.0 Å². The van der Waals surface area contributed by atoms with Crippen LogP contribution in [0.4, 0.5) is 0 Å². The summed E-state index contributed by atoms with van der Waals surface area (Å²) < 4.78 is 0. The van der Waals surface area contributed by atoms with Gasteiger partial charge in [0.05, 0.1) is 6.54 Å². The van der Waals surface area contributed by atoms with Gasteiger partial charge in [-0.05, 0) is 31.7 Å². The highest BCUT2D eigenvalue weighted by Crippen LogP contribution is 2.23. The maximum absolute atomic E-state index is 11.8. The van der Waals surface area contributed by atoms with Crippen molar-refractivity contribution in [2.24, 2.45) is 5.73 Å². The molecule has 19 heavy (non-hydrogen) atoms. The van der Waals surface area contributed by atoms with Crippen LogP contribution in [-0.2, 0) is 4.79 Å². The SMILES string of the molecule is CC(N)C(c1ccc(Cl)cc1)N(C)CC(=O)N(C)C. The summed E-state index contributed by atoms with van der Waals surface area (Å²) in [5.74, 6) is 0.0575. The second kappa shape index (κ2) is 6.89. The first-order valence-electron chi connectivity index (χ1n) is 6.24. The molecule has 2 unspecified atom stereocenters. The fraction of sp³-hybridized carbons (Fsp3) is 0.500. The normalized spacial score (nSPS) is 14.3. The lowest BCUT2D eigenvalue weighted by atomic mass is 9.99. The van der Waals surface area contributed by atoms with Crippen LogP contribution in [0.1, 0.15) is 18.5 Å². The molecule has 2 atom stereocenters. The van der Waals surface area contributed by atoms with Gasteiger partial charge in [0.15, 0.2) is 0 Å². The van der Waals surface area contributed by atoms with Crippen LogP contribution in [0.5, 0.6) is 0 Å². The molecule has 0 aromatic heterocycles. The number of carbonyl (C=O) groups excluding carboxylic acids is 1. The minimum atomic E-state index is -0.0823. The highest BCUT2D eigenvalue weighted by atomic mass is 35.5. The highest BCUT2D eigenvalue weighted by molar-refractivity contribution is 6.30. The second-order valence-electron chi connectivity index (χ2n) is 5.06. The van der Waals surface area contributed by atoms with Gasteiger partial charge in [-0.2, -0.15) is 0 Å². The molecule has 2 N–H and O–H groups in total. The van der Waals surface area contributed by atoms with Crippen molar-refractivity contribution in [1.29, 1.82) is 0 Å². The number of carbonyl (C=O) groups is 1. The first-order chi connectivity index (χ1) is 8.82. The molecule has 0 saturated carbocycles. The van der Waals surface area contributed by atoms with Crippen LogP contribution in [0.2, 0.25) is 5.02 Å². The first kappa shape index (κ1) is 16.0. The van der Waals surface area contributed by atoms with Gasteiger partial charge >= 0.3 is 0 Å². The van der Waals surface area contributed by atoms with E-state index in [1.165, 1.54) is 0 Å². The summed E-state index contributed by atoms with van der Waals surface area (Å²) in [6, 6.07) is 7.49. The summed E-state index contributed by atoms with van der Waals surface area (Å²) in [4.78, 5) is 15.3. The quantitative estimate of drug-likeness (QED) is 0.896. The smallest absolute Gasteiger partial charge is 0.236 e. The van der Waals surface area contributed by atoms with E-state index < -0.39 is 0 Å². The minimum absolute atomic E-state index is 0.0128. The van der Waals surface area contributed by atoms with Gasteiger partial charge in [-0.3, -0.25) is 9.69 Å². The molecule has 0 aliphatic carbocycles. The Morgan fingerprint density at radius 2 is 1.79 bits per heavy atom.